The quantitative estimate of drug-likeness (QED) is 0.593. The molecule has 0 aliphatic rings. The molecule has 1 aromatic carbocycles. The van der Waals surface area contributed by atoms with E-state index in [1.54, 1.807) is 18.7 Å². The van der Waals surface area contributed by atoms with Gasteiger partial charge in [0.25, 0.3) is 0 Å². The van der Waals surface area contributed by atoms with E-state index < -0.39 is 0 Å². The molecule has 0 radical (unpaired) electrons. The Morgan fingerprint density at radius 2 is 2.19 bits per heavy atom. The Kier molecular flexibility index (Phi) is 5.87. The zero-order valence-electron chi connectivity index (χ0n) is 15.3. The van der Waals surface area contributed by atoms with Crippen molar-refractivity contribution >= 4 is 11.7 Å². The highest BCUT2D eigenvalue weighted by Gasteiger charge is 2.14. The first kappa shape index (κ1) is 18.7. The summed E-state index contributed by atoms with van der Waals surface area (Å²) in [6.45, 7) is 2.22. The molecule has 0 aliphatic heterocycles. The number of aryl methyl sites for hydroxylation is 1. The van der Waals surface area contributed by atoms with Gasteiger partial charge >= 0.3 is 6.03 Å². The third-order valence-corrected chi connectivity index (χ3v) is 4.41. The first-order chi connectivity index (χ1) is 13.1. The molecule has 27 heavy (non-hydrogen) atoms. The molecule has 0 unspecified atom stereocenters. The lowest BCUT2D eigenvalue weighted by molar-refractivity contribution is 0.213. The minimum absolute atomic E-state index is 0.0400. The molecule has 3 rings (SSSR count). The van der Waals surface area contributed by atoms with Gasteiger partial charge in [0.15, 0.2) is 5.82 Å². The molecule has 3 N–H and O–H groups in total. The standard InChI is InChI=1S/C19H23N5O3/c1-13-16(18-23-21-12-24(18)2)6-3-7-17(13)22-19(26)20-10-14(11-25)9-15-5-4-8-27-15/h3-8,12,14,25H,9-11H2,1-2H3,(H2,20,22,26)/t14-/m1/s1. The van der Waals surface area contributed by atoms with Crippen LogP contribution in [0.5, 0.6) is 0 Å². The van der Waals surface area contributed by atoms with E-state index in [-0.39, 0.29) is 18.6 Å². The minimum atomic E-state index is -0.328. The summed E-state index contributed by atoms with van der Waals surface area (Å²) in [5.41, 5.74) is 2.50. The maximum Gasteiger partial charge on any atom is 0.319 e. The molecule has 0 fully saturated rings. The molecular weight excluding hydrogens is 346 g/mol. The highest BCUT2D eigenvalue weighted by atomic mass is 16.3. The molecule has 0 bridgehead atoms. The molecule has 8 heteroatoms. The van der Waals surface area contributed by atoms with Crippen LogP contribution in [0.15, 0.2) is 47.3 Å². The van der Waals surface area contributed by atoms with Gasteiger partial charge in [0.05, 0.1) is 6.26 Å². The average Bonchev–Trinajstić information content (AvgIpc) is 3.32. The summed E-state index contributed by atoms with van der Waals surface area (Å²) in [5, 5.41) is 23.2. The predicted octanol–water partition coefficient (Wildman–Crippen LogP) is 2.36. The normalized spacial score (nSPS) is 12.0. The van der Waals surface area contributed by atoms with Crippen LogP contribution in [0.25, 0.3) is 11.4 Å². The van der Waals surface area contributed by atoms with Crippen molar-refractivity contribution in [2.45, 2.75) is 13.3 Å². The van der Waals surface area contributed by atoms with Crippen LogP contribution in [0.2, 0.25) is 0 Å². The number of aliphatic hydroxyl groups excluding tert-OH is 1. The maximum atomic E-state index is 12.3. The largest absolute Gasteiger partial charge is 0.469 e. The smallest absolute Gasteiger partial charge is 0.319 e. The Balaban J connectivity index is 1.61. The molecule has 8 nitrogen and oxygen atoms in total. The summed E-state index contributed by atoms with van der Waals surface area (Å²) in [6, 6.07) is 8.96. The van der Waals surface area contributed by atoms with Gasteiger partial charge in [-0.05, 0) is 30.7 Å². The number of urea groups is 1. The van der Waals surface area contributed by atoms with Gasteiger partial charge in [-0.1, -0.05) is 12.1 Å². The van der Waals surface area contributed by atoms with Gasteiger partial charge in [-0.3, -0.25) is 0 Å². The molecule has 3 aromatic rings. The summed E-state index contributed by atoms with van der Waals surface area (Å²) >= 11 is 0. The Morgan fingerprint density at radius 3 is 2.85 bits per heavy atom. The lowest BCUT2D eigenvalue weighted by Crippen LogP contribution is -2.35. The predicted molar refractivity (Wildman–Crippen MR) is 101 cm³/mol. The van der Waals surface area contributed by atoms with E-state index in [0.29, 0.717) is 18.7 Å². The number of aromatic nitrogens is 3. The first-order valence-corrected chi connectivity index (χ1v) is 8.70. The molecule has 0 aliphatic carbocycles. The summed E-state index contributed by atoms with van der Waals surface area (Å²) in [7, 11) is 1.87. The topological polar surface area (TPSA) is 105 Å². The highest BCUT2D eigenvalue weighted by molar-refractivity contribution is 5.91. The zero-order valence-corrected chi connectivity index (χ0v) is 15.3. The fraction of sp³-hybridized carbons (Fsp3) is 0.316. The van der Waals surface area contributed by atoms with Crippen LogP contribution in [-0.4, -0.2) is 39.1 Å². The number of carbonyl (C=O) groups excluding carboxylic acids is 1. The summed E-state index contributed by atoms with van der Waals surface area (Å²) in [6.07, 6.45) is 3.79. The van der Waals surface area contributed by atoms with Crippen molar-refractivity contribution < 1.29 is 14.3 Å². The summed E-state index contributed by atoms with van der Waals surface area (Å²) in [5.74, 6) is 1.40. The third-order valence-electron chi connectivity index (χ3n) is 4.41. The molecule has 0 spiro atoms. The number of furan rings is 1. The van der Waals surface area contributed by atoms with Crippen molar-refractivity contribution in [2.24, 2.45) is 13.0 Å². The van der Waals surface area contributed by atoms with Gasteiger partial charge < -0.3 is 24.7 Å². The SMILES string of the molecule is Cc1c(NC(=O)NC[C@H](CO)Cc2ccco2)cccc1-c1nncn1C. The number of nitrogens with one attached hydrogen (secondary N) is 2. The van der Waals surface area contributed by atoms with Crippen molar-refractivity contribution in [2.75, 3.05) is 18.5 Å². The molecule has 0 saturated carbocycles. The van der Waals surface area contributed by atoms with Gasteiger partial charge in [-0.25, -0.2) is 4.79 Å². The Hall–Kier alpha value is -3.13. The van der Waals surface area contributed by atoms with Crippen LogP contribution in [0.4, 0.5) is 10.5 Å². The van der Waals surface area contributed by atoms with Crippen LogP contribution in [0.1, 0.15) is 11.3 Å². The maximum absolute atomic E-state index is 12.3. The molecular formula is C19H23N5O3. The second kappa shape index (κ2) is 8.50. The molecule has 2 amide bonds. The van der Waals surface area contributed by atoms with Gasteiger partial charge in [-0.15, -0.1) is 10.2 Å². The minimum Gasteiger partial charge on any atom is -0.469 e. The van der Waals surface area contributed by atoms with E-state index >= 15 is 0 Å². The molecule has 0 saturated heterocycles. The molecule has 2 heterocycles. The number of anilines is 1. The second-order valence-corrected chi connectivity index (χ2v) is 6.41. The number of rotatable bonds is 7. The number of amides is 2. The van der Waals surface area contributed by atoms with E-state index in [0.717, 1.165) is 22.7 Å². The molecule has 2 aromatic heterocycles. The Bertz CT molecular complexity index is 889. The zero-order chi connectivity index (χ0) is 19.2. The van der Waals surface area contributed by atoms with E-state index in [1.165, 1.54) is 0 Å². The number of hydrogen-bond donors (Lipinski definition) is 3. The van der Waals surface area contributed by atoms with Crippen LogP contribution < -0.4 is 10.6 Å². The van der Waals surface area contributed by atoms with Crippen molar-refractivity contribution in [3.8, 4) is 11.4 Å². The van der Waals surface area contributed by atoms with Crippen molar-refractivity contribution in [1.29, 1.82) is 0 Å². The van der Waals surface area contributed by atoms with Crippen molar-refractivity contribution in [3.05, 3.63) is 54.2 Å². The van der Waals surface area contributed by atoms with Crippen LogP contribution >= 0.6 is 0 Å². The number of carbonyl (C=O) groups is 1. The number of nitrogens with zero attached hydrogens (tertiary/aromatic N) is 3. The van der Waals surface area contributed by atoms with Gasteiger partial charge in [0.2, 0.25) is 0 Å². The third kappa shape index (κ3) is 4.53. The highest BCUT2D eigenvalue weighted by Crippen LogP contribution is 2.26. The van der Waals surface area contributed by atoms with Gasteiger partial charge in [0, 0.05) is 43.8 Å². The average molecular weight is 369 g/mol. The van der Waals surface area contributed by atoms with Gasteiger partial charge in [0.1, 0.15) is 12.1 Å². The molecule has 1 atom stereocenters. The number of aliphatic hydroxyl groups is 1. The first-order valence-electron chi connectivity index (χ1n) is 8.70. The van der Waals surface area contributed by atoms with E-state index in [1.807, 2.05) is 42.8 Å². The number of hydrogen-bond acceptors (Lipinski definition) is 5. The van der Waals surface area contributed by atoms with E-state index in [2.05, 4.69) is 20.8 Å². The van der Waals surface area contributed by atoms with Crippen LogP contribution in [0, 0.1) is 12.8 Å². The Morgan fingerprint density at radius 1 is 1.33 bits per heavy atom. The van der Waals surface area contributed by atoms with E-state index in [4.69, 9.17) is 4.42 Å². The van der Waals surface area contributed by atoms with Crippen molar-refractivity contribution in [3.63, 3.8) is 0 Å². The monoisotopic (exact) mass is 369 g/mol. The lowest BCUT2D eigenvalue weighted by atomic mass is 10.1. The van der Waals surface area contributed by atoms with Crippen LogP contribution in [-0.2, 0) is 13.5 Å². The lowest BCUT2D eigenvalue weighted by Gasteiger charge is -2.16. The summed E-state index contributed by atoms with van der Waals surface area (Å²) < 4.78 is 7.12. The fourth-order valence-corrected chi connectivity index (χ4v) is 2.86. The number of benzene rings is 1. The second-order valence-electron chi connectivity index (χ2n) is 6.41. The molecule has 142 valence electrons. The van der Waals surface area contributed by atoms with Gasteiger partial charge in [-0.2, -0.15) is 0 Å². The Labute approximate surface area is 157 Å². The van der Waals surface area contributed by atoms with E-state index in [9.17, 15) is 9.90 Å². The van der Waals surface area contributed by atoms with Crippen LogP contribution in [0.3, 0.4) is 0 Å². The fourth-order valence-electron chi connectivity index (χ4n) is 2.86. The summed E-state index contributed by atoms with van der Waals surface area (Å²) in [4.78, 5) is 12.3. The van der Waals surface area contributed by atoms with Crippen molar-refractivity contribution in [1.82, 2.24) is 20.1 Å².